The van der Waals surface area contributed by atoms with Crippen LogP contribution in [0.3, 0.4) is 0 Å². The van der Waals surface area contributed by atoms with E-state index in [0.29, 0.717) is 12.5 Å². The van der Waals surface area contributed by atoms with Gasteiger partial charge in [0.2, 0.25) is 0 Å². The van der Waals surface area contributed by atoms with E-state index in [4.69, 9.17) is 9.47 Å². The molecule has 0 aromatic heterocycles. The number of rotatable bonds is 5. The molecule has 1 amide bonds. The lowest BCUT2D eigenvalue weighted by atomic mass is 9.89. The molecule has 1 aliphatic heterocycles. The molecule has 1 fully saturated rings. The maximum Gasteiger partial charge on any atom is 0.407 e. The van der Waals surface area contributed by atoms with Crippen LogP contribution in [0, 0.1) is 11.8 Å². The monoisotopic (exact) mass is 271 g/mol. The van der Waals surface area contributed by atoms with Gasteiger partial charge in [-0.25, -0.2) is 4.79 Å². The van der Waals surface area contributed by atoms with Crippen molar-refractivity contribution in [2.24, 2.45) is 11.8 Å². The number of amides is 1. The van der Waals surface area contributed by atoms with E-state index < -0.39 is 11.7 Å². The zero-order valence-corrected chi connectivity index (χ0v) is 12.1. The van der Waals surface area contributed by atoms with E-state index in [1.54, 1.807) is 0 Å². The molecule has 0 aliphatic carbocycles. The minimum Gasteiger partial charge on any atom is -0.444 e. The lowest BCUT2D eigenvalue weighted by Crippen LogP contribution is -2.36. The van der Waals surface area contributed by atoms with Gasteiger partial charge in [-0.3, -0.25) is 0 Å². The number of hydrogen-bond donors (Lipinski definition) is 1. The van der Waals surface area contributed by atoms with E-state index >= 15 is 0 Å². The third kappa shape index (κ3) is 7.15. The molecule has 1 unspecified atom stereocenters. The van der Waals surface area contributed by atoms with Crippen LogP contribution in [0.2, 0.25) is 0 Å². The minimum atomic E-state index is -0.512. The van der Waals surface area contributed by atoms with Crippen LogP contribution in [0.5, 0.6) is 0 Å². The Morgan fingerprint density at radius 1 is 1.42 bits per heavy atom. The van der Waals surface area contributed by atoms with Crippen molar-refractivity contribution < 1.29 is 19.1 Å². The molecule has 19 heavy (non-hydrogen) atoms. The number of nitrogens with one attached hydrogen (secondary N) is 1. The van der Waals surface area contributed by atoms with E-state index in [1.165, 1.54) is 0 Å². The lowest BCUT2D eigenvalue weighted by molar-refractivity contribution is -0.111. The van der Waals surface area contributed by atoms with Crippen molar-refractivity contribution in [1.29, 1.82) is 0 Å². The summed E-state index contributed by atoms with van der Waals surface area (Å²) in [6, 6.07) is 0. The van der Waals surface area contributed by atoms with Crippen molar-refractivity contribution in [1.82, 2.24) is 5.32 Å². The summed E-state index contributed by atoms with van der Waals surface area (Å²) in [5.74, 6) is 0.375. The number of alkyl carbamates (subject to hydrolysis) is 1. The molecule has 0 radical (unpaired) electrons. The van der Waals surface area contributed by atoms with Gasteiger partial charge in [0.1, 0.15) is 11.9 Å². The number of carbonyl (C=O) groups excluding carboxylic acids is 2. The first-order valence-electron chi connectivity index (χ1n) is 6.90. The van der Waals surface area contributed by atoms with E-state index in [-0.39, 0.29) is 5.92 Å². The van der Waals surface area contributed by atoms with Crippen molar-refractivity contribution in [2.75, 3.05) is 19.8 Å². The van der Waals surface area contributed by atoms with Gasteiger partial charge in [-0.2, -0.15) is 0 Å². The van der Waals surface area contributed by atoms with Crippen LogP contribution in [0.15, 0.2) is 0 Å². The van der Waals surface area contributed by atoms with Crippen LogP contribution in [0.4, 0.5) is 4.79 Å². The highest BCUT2D eigenvalue weighted by atomic mass is 16.6. The summed E-state index contributed by atoms with van der Waals surface area (Å²) in [4.78, 5) is 22.6. The summed E-state index contributed by atoms with van der Waals surface area (Å²) in [5.41, 5.74) is -0.512. The van der Waals surface area contributed by atoms with Crippen molar-refractivity contribution in [3.8, 4) is 0 Å². The van der Waals surface area contributed by atoms with Gasteiger partial charge in [0, 0.05) is 25.7 Å². The number of carbonyl (C=O) groups is 2. The average molecular weight is 271 g/mol. The second-order valence-electron chi connectivity index (χ2n) is 6.07. The molecular formula is C14H25NO4. The van der Waals surface area contributed by atoms with Crippen molar-refractivity contribution in [3.63, 3.8) is 0 Å². The molecule has 1 heterocycles. The predicted molar refractivity (Wildman–Crippen MR) is 72.0 cm³/mol. The molecule has 1 aliphatic rings. The fraction of sp³-hybridized carbons (Fsp3) is 0.857. The molecule has 5 heteroatoms. The van der Waals surface area contributed by atoms with Crippen LogP contribution >= 0.6 is 0 Å². The zero-order chi connectivity index (χ0) is 14.3. The minimum absolute atomic E-state index is 0.143. The Morgan fingerprint density at radius 2 is 2.05 bits per heavy atom. The van der Waals surface area contributed by atoms with E-state index in [1.807, 2.05) is 20.8 Å². The molecule has 0 bridgehead atoms. The Balaban J connectivity index is 2.27. The van der Waals surface area contributed by atoms with Gasteiger partial charge in [0.05, 0.1) is 0 Å². The Hall–Kier alpha value is -1.10. The summed E-state index contributed by atoms with van der Waals surface area (Å²) in [6.07, 6.45) is 3.26. The van der Waals surface area contributed by atoms with E-state index in [9.17, 15) is 9.59 Å². The summed E-state index contributed by atoms with van der Waals surface area (Å²) in [7, 11) is 0. The number of ether oxygens (including phenoxy) is 2. The first-order chi connectivity index (χ1) is 8.90. The molecular weight excluding hydrogens is 246 g/mol. The SMILES string of the molecule is CC(C)(C)OC(=O)NCC(C=O)CC1CCOCC1. The van der Waals surface area contributed by atoms with Crippen LogP contribution in [0.1, 0.15) is 40.0 Å². The summed E-state index contributed by atoms with van der Waals surface area (Å²) >= 11 is 0. The maximum atomic E-state index is 11.5. The largest absolute Gasteiger partial charge is 0.444 e. The van der Waals surface area contributed by atoms with Crippen LogP contribution in [-0.4, -0.2) is 37.7 Å². The number of aldehydes is 1. The van der Waals surface area contributed by atoms with Crippen molar-refractivity contribution in [2.45, 2.75) is 45.6 Å². The van der Waals surface area contributed by atoms with Crippen LogP contribution in [-0.2, 0) is 14.3 Å². The van der Waals surface area contributed by atoms with Gasteiger partial charge in [0.15, 0.2) is 0 Å². The molecule has 110 valence electrons. The molecule has 0 aromatic carbocycles. The van der Waals surface area contributed by atoms with Gasteiger partial charge in [-0.1, -0.05) is 0 Å². The second-order valence-corrected chi connectivity index (χ2v) is 6.07. The predicted octanol–water partition coefficient (Wildman–Crippen LogP) is 2.14. The van der Waals surface area contributed by atoms with E-state index in [0.717, 1.165) is 38.8 Å². The molecule has 0 spiro atoms. The highest BCUT2D eigenvalue weighted by Gasteiger charge is 2.21. The summed E-state index contributed by atoms with van der Waals surface area (Å²) in [5, 5.41) is 2.66. The molecule has 0 aromatic rings. The highest BCUT2D eigenvalue weighted by Crippen LogP contribution is 2.22. The lowest BCUT2D eigenvalue weighted by Gasteiger charge is -2.25. The maximum absolute atomic E-state index is 11.5. The van der Waals surface area contributed by atoms with Gasteiger partial charge in [-0.15, -0.1) is 0 Å². The average Bonchev–Trinajstić information content (AvgIpc) is 2.33. The Labute approximate surface area is 115 Å². The van der Waals surface area contributed by atoms with Gasteiger partial charge >= 0.3 is 6.09 Å². The van der Waals surface area contributed by atoms with Gasteiger partial charge in [-0.05, 0) is 46.0 Å². The molecule has 1 rings (SSSR count). The smallest absolute Gasteiger partial charge is 0.407 e. The van der Waals surface area contributed by atoms with Crippen molar-refractivity contribution >= 4 is 12.4 Å². The standard InChI is InChI=1S/C14H25NO4/c1-14(2,3)19-13(17)15-9-12(10-16)8-11-4-6-18-7-5-11/h10-12H,4-9H2,1-3H3,(H,15,17). The normalized spacial score (nSPS) is 18.7. The summed E-state index contributed by atoms with van der Waals surface area (Å²) in [6.45, 7) is 7.32. The van der Waals surface area contributed by atoms with Crippen LogP contribution < -0.4 is 5.32 Å². The third-order valence-corrected chi connectivity index (χ3v) is 3.08. The fourth-order valence-corrected chi connectivity index (χ4v) is 2.13. The molecule has 5 nitrogen and oxygen atoms in total. The first-order valence-corrected chi connectivity index (χ1v) is 6.90. The fourth-order valence-electron chi connectivity index (χ4n) is 2.13. The molecule has 0 saturated carbocycles. The Morgan fingerprint density at radius 3 is 2.58 bits per heavy atom. The topological polar surface area (TPSA) is 64.6 Å². The molecule has 1 atom stereocenters. The first kappa shape index (κ1) is 16.0. The van der Waals surface area contributed by atoms with Crippen LogP contribution in [0.25, 0.3) is 0 Å². The zero-order valence-electron chi connectivity index (χ0n) is 12.1. The van der Waals surface area contributed by atoms with E-state index in [2.05, 4.69) is 5.32 Å². The Kier molecular flexibility index (Phi) is 6.28. The Bertz CT molecular complexity index is 292. The quantitative estimate of drug-likeness (QED) is 0.778. The van der Waals surface area contributed by atoms with Crippen molar-refractivity contribution in [3.05, 3.63) is 0 Å². The number of hydrogen-bond acceptors (Lipinski definition) is 4. The summed E-state index contributed by atoms with van der Waals surface area (Å²) < 4.78 is 10.4. The van der Waals surface area contributed by atoms with Gasteiger partial charge in [0.25, 0.3) is 0 Å². The molecule has 1 N–H and O–H groups in total. The van der Waals surface area contributed by atoms with Gasteiger partial charge < -0.3 is 19.6 Å². The second kappa shape index (κ2) is 7.48. The molecule has 1 saturated heterocycles. The highest BCUT2D eigenvalue weighted by molar-refractivity contribution is 5.68. The third-order valence-electron chi connectivity index (χ3n) is 3.08.